The molecule has 0 spiro atoms. The van der Waals surface area contributed by atoms with Crippen molar-refractivity contribution in [2.45, 2.75) is 52.1 Å². The fourth-order valence-electron chi connectivity index (χ4n) is 4.06. The molecular weight excluding hydrogens is 456 g/mol. The number of anilines is 2. The van der Waals surface area contributed by atoms with Gasteiger partial charge in [-0.05, 0) is 44.7 Å². The van der Waals surface area contributed by atoms with Crippen molar-refractivity contribution < 1.29 is 19.1 Å². The van der Waals surface area contributed by atoms with E-state index in [0.717, 1.165) is 29.7 Å². The number of fused-ring (bicyclic) bond motifs is 1. The molecule has 0 aliphatic rings. The number of hydrogen-bond acceptors (Lipinski definition) is 6. The second-order valence-corrected chi connectivity index (χ2v) is 9.03. The first-order valence-corrected chi connectivity index (χ1v) is 12.2. The van der Waals surface area contributed by atoms with Gasteiger partial charge < -0.3 is 24.7 Å². The number of pyridine rings is 1. The van der Waals surface area contributed by atoms with E-state index in [1.165, 1.54) is 7.11 Å². The van der Waals surface area contributed by atoms with E-state index in [1.807, 2.05) is 43.3 Å². The maximum atomic E-state index is 13.0. The summed E-state index contributed by atoms with van der Waals surface area (Å²) in [5.41, 5.74) is 4.23. The summed E-state index contributed by atoms with van der Waals surface area (Å²) in [6, 6.07) is 11.9. The van der Waals surface area contributed by atoms with Gasteiger partial charge in [0.05, 0.1) is 31.3 Å². The molecule has 2 N–H and O–H groups in total. The number of hydrogen-bond donors (Lipinski definition) is 2. The SMILES string of the molecule is C=C(C)CCC(C)Nc1cnc2c(c1)c(NC(=O)CCc1ccccc1)c(C(=O)OC)n2CCOC. The second-order valence-electron chi connectivity index (χ2n) is 9.03. The fourth-order valence-corrected chi connectivity index (χ4v) is 4.06. The molecule has 8 heteroatoms. The van der Waals surface area contributed by atoms with E-state index < -0.39 is 5.97 Å². The molecule has 0 saturated carbocycles. The standard InChI is InChI=1S/C28H36N4O4/c1-19(2)11-12-20(3)30-22-17-23-25(31-24(33)14-13-21-9-7-6-8-10-21)26(28(34)36-5)32(15-16-35-4)27(23)29-18-22/h6-10,17-18,20,30H,1,11-16H2,2-5H3,(H,31,33). The van der Waals surface area contributed by atoms with E-state index in [0.29, 0.717) is 36.3 Å². The highest BCUT2D eigenvalue weighted by molar-refractivity contribution is 6.11. The normalized spacial score (nSPS) is 11.8. The predicted octanol–water partition coefficient (Wildman–Crippen LogP) is 5.20. The lowest BCUT2D eigenvalue weighted by atomic mass is 10.1. The van der Waals surface area contributed by atoms with Gasteiger partial charge in [0, 0.05) is 31.5 Å². The molecule has 1 aromatic carbocycles. The van der Waals surface area contributed by atoms with Crippen molar-refractivity contribution in [3.05, 3.63) is 66.0 Å². The topological polar surface area (TPSA) is 94.5 Å². The number of rotatable bonds is 13. The van der Waals surface area contributed by atoms with Crippen LogP contribution in [0.25, 0.3) is 11.0 Å². The molecular formula is C28H36N4O4. The van der Waals surface area contributed by atoms with Crippen molar-refractivity contribution >= 4 is 34.3 Å². The number of nitrogens with one attached hydrogen (secondary N) is 2. The van der Waals surface area contributed by atoms with E-state index >= 15 is 0 Å². The Morgan fingerprint density at radius 2 is 1.92 bits per heavy atom. The number of methoxy groups -OCH3 is 2. The fraction of sp³-hybridized carbons (Fsp3) is 0.393. The van der Waals surface area contributed by atoms with Gasteiger partial charge in [0.25, 0.3) is 0 Å². The molecule has 2 aromatic heterocycles. The summed E-state index contributed by atoms with van der Waals surface area (Å²) in [5, 5.41) is 7.10. The summed E-state index contributed by atoms with van der Waals surface area (Å²) in [7, 11) is 2.92. The van der Waals surface area contributed by atoms with Crippen molar-refractivity contribution in [1.82, 2.24) is 9.55 Å². The van der Waals surface area contributed by atoms with Gasteiger partial charge in [-0.1, -0.05) is 35.9 Å². The average molecular weight is 493 g/mol. The van der Waals surface area contributed by atoms with E-state index in [2.05, 4.69) is 29.1 Å². The molecule has 0 aliphatic heterocycles. The molecule has 3 aromatic rings. The number of carbonyl (C=O) groups is 2. The molecule has 1 unspecified atom stereocenters. The Hall–Kier alpha value is -3.65. The Labute approximate surface area is 212 Å². The van der Waals surface area contributed by atoms with Crippen molar-refractivity contribution in [2.75, 3.05) is 31.5 Å². The number of aromatic nitrogens is 2. The maximum Gasteiger partial charge on any atom is 0.356 e. The molecule has 2 heterocycles. The first-order chi connectivity index (χ1) is 17.3. The number of ether oxygens (including phenoxy) is 2. The number of aryl methyl sites for hydroxylation is 1. The average Bonchev–Trinajstić information content (AvgIpc) is 3.17. The lowest BCUT2D eigenvalue weighted by molar-refractivity contribution is -0.116. The minimum atomic E-state index is -0.549. The van der Waals surface area contributed by atoms with Crippen molar-refractivity contribution in [1.29, 1.82) is 0 Å². The highest BCUT2D eigenvalue weighted by Gasteiger charge is 2.26. The second kappa shape index (κ2) is 12.9. The molecule has 1 atom stereocenters. The van der Waals surface area contributed by atoms with Crippen LogP contribution in [0.1, 0.15) is 49.2 Å². The summed E-state index contributed by atoms with van der Waals surface area (Å²) in [6.45, 7) is 8.84. The van der Waals surface area contributed by atoms with Crippen LogP contribution in [-0.4, -0.2) is 48.3 Å². The molecule has 0 saturated heterocycles. The maximum absolute atomic E-state index is 13.0. The molecule has 1 amide bonds. The van der Waals surface area contributed by atoms with Gasteiger partial charge in [-0.2, -0.15) is 0 Å². The highest BCUT2D eigenvalue weighted by atomic mass is 16.5. The van der Waals surface area contributed by atoms with E-state index in [1.54, 1.807) is 17.9 Å². The zero-order valence-electron chi connectivity index (χ0n) is 21.6. The van der Waals surface area contributed by atoms with E-state index in [9.17, 15) is 9.59 Å². The smallest absolute Gasteiger partial charge is 0.356 e. The third-order valence-corrected chi connectivity index (χ3v) is 5.96. The van der Waals surface area contributed by atoms with Gasteiger partial charge in [0.2, 0.25) is 5.91 Å². The number of carbonyl (C=O) groups excluding carboxylic acids is 2. The predicted molar refractivity (Wildman–Crippen MR) is 143 cm³/mol. The molecule has 0 bridgehead atoms. The van der Waals surface area contributed by atoms with E-state index in [4.69, 9.17) is 9.47 Å². The third-order valence-electron chi connectivity index (χ3n) is 5.96. The lowest BCUT2D eigenvalue weighted by Crippen LogP contribution is -2.18. The van der Waals surface area contributed by atoms with Crippen molar-refractivity contribution in [3.8, 4) is 0 Å². The number of allylic oxidation sites excluding steroid dienone is 1. The van der Waals surface area contributed by atoms with Crippen LogP contribution in [0.3, 0.4) is 0 Å². The van der Waals surface area contributed by atoms with Crippen LogP contribution in [-0.2, 0) is 27.2 Å². The zero-order chi connectivity index (χ0) is 26.1. The van der Waals surface area contributed by atoms with Crippen LogP contribution in [0.15, 0.2) is 54.7 Å². The minimum Gasteiger partial charge on any atom is -0.464 e. The molecule has 3 rings (SSSR count). The molecule has 0 aliphatic carbocycles. The summed E-state index contributed by atoms with van der Waals surface area (Å²) in [6.07, 6.45) is 4.46. The molecule has 36 heavy (non-hydrogen) atoms. The monoisotopic (exact) mass is 492 g/mol. The first kappa shape index (κ1) is 26.9. The summed E-state index contributed by atoms with van der Waals surface area (Å²) < 4.78 is 12.1. The Morgan fingerprint density at radius 1 is 1.17 bits per heavy atom. The summed E-state index contributed by atoms with van der Waals surface area (Å²) in [4.78, 5) is 30.5. The van der Waals surface area contributed by atoms with Gasteiger partial charge in [0.1, 0.15) is 5.65 Å². The van der Waals surface area contributed by atoms with Crippen LogP contribution in [0.5, 0.6) is 0 Å². The summed E-state index contributed by atoms with van der Waals surface area (Å²) >= 11 is 0. The van der Waals surface area contributed by atoms with E-state index in [-0.39, 0.29) is 24.1 Å². The van der Waals surface area contributed by atoms with Gasteiger partial charge in [0.15, 0.2) is 5.69 Å². The molecule has 0 fully saturated rings. The lowest BCUT2D eigenvalue weighted by Gasteiger charge is -2.15. The molecule has 192 valence electrons. The van der Waals surface area contributed by atoms with Crippen molar-refractivity contribution in [2.24, 2.45) is 0 Å². The van der Waals surface area contributed by atoms with Gasteiger partial charge in [-0.15, -0.1) is 6.58 Å². The van der Waals surface area contributed by atoms with Crippen LogP contribution in [0, 0.1) is 0 Å². The number of nitrogens with zero attached hydrogens (tertiary/aromatic N) is 2. The molecule has 0 radical (unpaired) electrons. The van der Waals surface area contributed by atoms with Gasteiger partial charge in [-0.25, -0.2) is 9.78 Å². The van der Waals surface area contributed by atoms with Crippen molar-refractivity contribution in [3.63, 3.8) is 0 Å². The first-order valence-electron chi connectivity index (χ1n) is 12.2. The Morgan fingerprint density at radius 3 is 2.58 bits per heavy atom. The van der Waals surface area contributed by atoms with Crippen LogP contribution >= 0.6 is 0 Å². The van der Waals surface area contributed by atoms with Gasteiger partial charge in [-0.3, -0.25) is 4.79 Å². The van der Waals surface area contributed by atoms with Crippen LogP contribution in [0.4, 0.5) is 11.4 Å². The third kappa shape index (κ3) is 6.95. The largest absolute Gasteiger partial charge is 0.464 e. The quantitative estimate of drug-likeness (QED) is 0.252. The number of amides is 1. The zero-order valence-corrected chi connectivity index (χ0v) is 21.6. The van der Waals surface area contributed by atoms with Crippen LogP contribution in [0.2, 0.25) is 0 Å². The molecule has 8 nitrogen and oxygen atoms in total. The summed E-state index contributed by atoms with van der Waals surface area (Å²) in [5.74, 6) is -0.741. The number of esters is 1. The highest BCUT2D eigenvalue weighted by Crippen LogP contribution is 2.33. The Kier molecular flexibility index (Phi) is 9.64. The Bertz CT molecular complexity index is 1200. The van der Waals surface area contributed by atoms with Gasteiger partial charge >= 0.3 is 5.97 Å². The Balaban J connectivity index is 1.96. The minimum absolute atomic E-state index is 0.192. The number of benzene rings is 1. The van der Waals surface area contributed by atoms with Crippen LogP contribution < -0.4 is 10.6 Å².